The highest BCUT2D eigenvalue weighted by Gasteiger charge is 2.56. The summed E-state index contributed by atoms with van der Waals surface area (Å²) in [6.07, 6.45) is 0. The quantitative estimate of drug-likeness (QED) is 0.696. The number of ether oxygens (including phenoxy) is 1. The summed E-state index contributed by atoms with van der Waals surface area (Å²) in [6, 6.07) is 7.21. The number of carbonyl (C=O) groups is 2. The Bertz CT molecular complexity index is 825. The van der Waals surface area contributed by atoms with E-state index in [1.807, 2.05) is 31.0 Å². The first-order chi connectivity index (χ1) is 12.3. The predicted molar refractivity (Wildman–Crippen MR) is 107 cm³/mol. The molecule has 1 atom stereocenters. The molecule has 1 aromatic carbocycles. The van der Waals surface area contributed by atoms with Crippen molar-refractivity contribution < 1.29 is 14.3 Å². The van der Waals surface area contributed by atoms with Gasteiger partial charge in [-0.1, -0.05) is 23.4 Å². The maximum atomic E-state index is 12.4. The number of hydrogen-bond donors (Lipinski definition) is 0. The lowest BCUT2D eigenvalue weighted by Crippen LogP contribution is -2.47. The molecule has 0 bridgehead atoms. The summed E-state index contributed by atoms with van der Waals surface area (Å²) >= 11 is 8.65. The minimum atomic E-state index is -0.805. The lowest BCUT2D eigenvalue weighted by molar-refractivity contribution is -0.137. The first-order valence-electron chi connectivity index (χ1n) is 7.95. The van der Waals surface area contributed by atoms with Crippen LogP contribution in [0.5, 0.6) is 0 Å². The van der Waals surface area contributed by atoms with Crippen LogP contribution in [0.15, 0.2) is 40.0 Å². The van der Waals surface area contributed by atoms with Gasteiger partial charge >= 0.3 is 5.97 Å². The molecule has 0 fully saturated rings. The Hall–Kier alpha value is -1.64. The number of benzene rings is 1. The van der Waals surface area contributed by atoms with Gasteiger partial charge < -0.3 is 9.64 Å². The van der Waals surface area contributed by atoms with E-state index >= 15 is 0 Å². The van der Waals surface area contributed by atoms with Gasteiger partial charge in [0.2, 0.25) is 4.33 Å². The van der Waals surface area contributed by atoms with Crippen molar-refractivity contribution in [2.75, 3.05) is 18.7 Å². The van der Waals surface area contributed by atoms with E-state index in [4.69, 9.17) is 16.3 Å². The van der Waals surface area contributed by atoms with Gasteiger partial charge in [-0.2, -0.15) is 5.10 Å². The van der Waals surface area contributed by atoms with Gasteiger partial charge in [-0.3, -0.25) is 4.79 Å². The molecule has 1 spiro atoms. The third kappa shape index (κ3) is 3.10. The molecule has 2 aliphatic rings. The van der Waals surface area contributed by atoms with Crippen LogP contribution in [0.1, 0.15) is 20.8 Å². The van der Waals surface area contributed by atoms with Gasteiger partial charge in [0, 0.05) is 24.7 Å². The fourth-order valence-corrected chi connectivity index (χ4v) is 5.59. The van der Waals surface area contributed by atoms with Crippen LogP contribution in [0.25, 0.3) is 0 Å². The standard InChI is InChI=1S/C17H18ClN3O3S2/c1-5-24-16(23)14-10(2)20(4)17(25-14)21(19-15(26-17)11(3)22)13-8-6-12(18)7-9-13/h6-9H,5H2,1-4H3. The molecule has 2 heterocycles. The second kappa shape index (κ2) is 7.17. The first-order valence-corrected chi connectivity index (χ1v) is 9.96. The largest absolute Gasteiger partial charge is 0.462 e. The number of hydrogen-bond acceptors (Lipinski definition) is 8. The molecule has 0 aliphatic carbocycles. The molecule has 0 saturated heterocycles. The zero-order chi connectivity index (χ0) is 19.1. The Balaban J connectivity index is 2.03. The number of hydrazone groups is 1. The highest BCUT2D eigenvalue weighted by molar-refractivity contribution is 8.28. The van der Waals surface area contributed by atoms with Gasteiger partial charge in [0.25, 0.3) is 0 Å². The third-order valence-electron chi connectivity index (χ3n) is 4.01. The summed E-state index contributed by atoms with van der Waals surface area (Å²) in [6.45, 7) is 5.42. The normalized spacial score (nSPS) is 22.3. The van der Waals surface area contributed by atoms with E-state index in [0.717, 1.165) is 11.4 Å². The van der Waals surface area contributed by atoms with Gasteiger partial charge in [0.05, 0.1) is 12.3 Å². The maximum Gasteiger partial charge on any atom is 0.346 e. The van der Waals surface area contributed by atoms with E-state index in [0.29, 0.717) is 21.6 Å². The Kier molecular flexibility index (Phi) is 5.28. The van der Waals surface area contributed by atoms with E-state index in [1.165, 1.54) is 30.4 Å². The average Bonchev–Trinajstić information content (AvgIpc) is 3.11. The van der Waals surface area contributed by atoms with E-state index in [2.05, 4.69) is 5.10 Å². The zero-order valence-corrected chi connectivity index (χ0v) is 17.2. The molecule has 1 aromatic rings. The summed E-state index contributed by atoms with van der Waals surface area (Å²) < 4.78 is 4.38. The molecule has 2 aliphatic heterocycles. The van der Waals surface area contributed by atoms with Crippen LogP contribution in [0, 0.1) is 0 Å². The van der Waals surface area contributed by atoms with Crippen molar-refractivity contribution in [3.63, 3.8) is 0 Å². The SMILES string of the molecule is CCOC(=O)C1=C(C)N(C)C2(SC(C(C)=O)=NN2c2ccc(Cl)cc2)S1. The number of rotatable bonds is 4. The van der Waals surface area contributed by atoms with Crippen LogP contribution in [0.2, 0.25) is 5.02 Å². The molecule has 3 rings (SSSR count). The number of nitrogens with zero attached hydrogens (tertiary/aromatic N) is 3. The van der Waals surface area contributed by atoms with Crippen molar-refractivity contribution >= 4 is 57.6 Å². The van der Waals surface area contributed by atoms with Gasteiger partial charge in [-0.05, 0) is 49.9 Å². The summed E-state index contributed by atoms with van der Waals surface area (Å²) in [4.78, 5) is 26.8. The van der Waals surface area contributed by atoms with Crippen LogP contribution in [0.3, 0.4) is 0 Å². The smallest absolute Gasteiger partial charge is 0.346 e. The van der Waals surface area contributed by atoms with Crippen molar-refractivity contribution in [2.45, 2.75) is 25.1 Å². The highest BCUT2D eigenvalue weighted by atomic mass is 35.5. The summed E-state index contributed by atoms with van der Waals surface area (Å²) in [5.74, 6) is -0.492. The molecule has 6 nitrogen and oxygen atoms in total. The van der Waals surface area contributed by atoms with Crippen molar-refractivity contribution in [3.8, 4) is 0 Å². The summed E-state index contributed by atoms with van der Waals surface area (Å²) in [5.41, 5.74) is 1.55. The fraction of sp³-hybridized carbons (Fsp3) is 0.353. The van der Waals surface area contributed by atoms with Crippen molar-refractivity contribution in [1.82, 2.24) is 4.90 Å². The van der Waals surface area contributed by atoms with Crippen molar-refractivity contribution in [2.24, 2.45) is 5.10 Å². The van der Waals surface area contributed by atoms with Gasteiger partial charge in [-0.25, -0.2) is 9.80 Å². The molecule has 0 saturated carbocycles. The van der Waals surface area contributed by atoms with Crippen LogP contribution in [-0.2, 0) is 14.3 Å². The Morgan fingerprint density at radius 3 is 2.50 bits per heavy atom. The molecule has 0 amide bonds. The van der Waals surface area contributed by atoms with Crippen molar-refractivity contribution in [1.29, 1.82) is 0 Å². The molecule has 1 unspecified atom stereocenters. The molecular weight excluding hydrogens is 394 g/mol. The average molecular weight is 412 g/mol. The van der Waals surface area contributed by atoms with Crippen LogP contribution < -0.4 is 5.01 Å². The van der Waals surface area contributed by atoms with Gasteiger partial charge in [0.1, 0.15) is 4.91 Å². The number of esters is 1. The summed E-state index contributed by atoms with van der Waals surface area (Å²) in [7, 11) is 1.88. The first kappa shape index (κ1) is 19.1. The number of thioether (sulfide) groups is 2. The molecule has 138 valence electrons. The predicted octanol–water partition coefficient (Wildman–Crippen LogP) is 3.88. The van der Waals surface area contributed by atoms with Crippen LogP contribution in [-0.4, -0.2) is 39.7 Å². The van der Waals surface area contributed by atoms with Crippen LogP contribution in [0.4, 0.5) is 5.69 Å². The second-order valence-electron chi connectivity index (χ2n) is 5.70. The van der Waals surface area contributed by atoms with Gasteiger partial charge in [-0.15, -0.1) is 0 Å². The van der Waals surface area contributed by atoms with Gasteiger partial charge in [0.15, 0.2) is 10.8 Å². The summed E-state index contributed by atoms with van der Waals surface area (Å²) in [5, 5.41) is 7.28. The van der Waals surface area contributed by atoms with Crippen LogP contribution >= 0.6 is 35.1 Å². The molecule has 0 aromatic heterocycles. The lowest BCUT2D eigenvalue weighted by Gasteiger charge is -2.39. The van der Waals surface area contributed by atoms with E-state index < -0.39 is 4.33 Å². The second-order valence-corrected chi connectivity index (χ2v) is 8.73. The molecular formula is C17H18ClN3O3S2. The number of allylic oxidation sites excluding steroid dienone is 1. The number of Topliss-reactive ketones (excluding diaryl/α,β-unsaturated/α-hetero) is 1. The number of carbonyl (C=O) groups excluding carboxylic acids is 2. The molecule has 9 heteroatoms. The highest BCUT2D eigenvalue weighted by Crippen LogP contribution is 2.58. The number of anilines is 1. The molecule has 26 heavy (non-hydrogen) atoms. The monoisotopic (exact) mass is 411 g/mol. The maximum absolute atomic E-state index is 12.4. The molecule has 0 N–H and O–H groups in total. The van der Waals surface area contributed by atoms with E-state index in [9.17, 15) is 9.59 Å². The van der Waals surface area contributed by atoms with Crippen molar-refractivity contribution in [3.05, 3.63) is 39.9 Å². The zero-order valence-electron chi connectivity index (χ0n) is 14.8. The topological polar surface area (TPSA) is 62.2 Å². The minimum absolute atomic E-state index is 0.123. The van der Waals surface area contributed by atoms with E-state index in [1.54, 1.807) is 24.1 Å². The fourth-order valence-electron chi connectivity index (χ4n) is 2.59. The Morgan fingerprint density at radius 2 is 1.92 bits per heavy atom. The Labute approximate surface area is 165 Å². The van der Waals surface area contributed by atoms with E-state index in [-0.39, 0.29) is 11.8 Å². The third-order valence-corrected chi connectivity index (χ3v) is 7.42. The molecule has 0 radical (unpaired) electrons. The number of halogens is 1. The number of ketones is 1. The Morgan fingerprint density at radius 1 is 1.27 bits per heavy atom. The minimum Gasteiger partial charge on any atom is -0.462 e. The lowest BCUT2D eigenvalue weighted by atomic mass is 10.3.